The Labute approximate surface area is 161 Å². The van der Waals surface area contributed by atoms with Gasteiger partial charge in [0.05, 0.1) is 10.5 Å². The third-order valence-corrected chi connectivity index (χ3v) is 4.03. The van der Waals surface area contributed by atoms with Crippen molar-refractivity contribution in [3.05, 3.63) is 69.5 Å². The van der Waals surface area contributed by atoms with Crippen molar-refractivity contribution in [3.8, 4) is 0 Å². The van der Waals surface area contributed by atoms with E-state index in [0.717, 1.165) is 6.07 Å². The van der Waals surface area contributed by atoms with Crippen molar-refractivity contribution in [1.82, 2.24) is 4.90 Å². The van der Waals surface area contributed by atoms with Crippen LogP contribution in [0.2, 0.25) is 0 Å². The van der Waals surface area contributed by atoms with Gasteiger partial charge in [-0.15, -0.1) is 0 Å². The average molecular weight is 389 g/mol. The molecule has 0 saturated heterocycles. The van der Waals surface area contributed by atoms with Gasteiger partial charge in [0.1, 0.15) is 5.82 Å². The second-order valence-corrected chi connectivity index (χ2v) is 5.85. The number of anilines is 1. The molecule has 0 heterocycles. The Balaban J connectivity index is 2.05. The van der Waals surface area contributed by atoms with E-state index in [2.05, 4.69) is 5.32 Å². The molecule has 2 aromatic rings. The summed E-state index contributed by atoms with van der Waals surface area (Å²) in [6.07, 6.45) is 0. The molecule has 0 aromatic heterocycles. The minimum Gasteiger partial charge on any atom is -0.452 e. The number of ether oxygens (including phenoxy) is 1. The van der Waals surface area contributed by atoms with Gasteiger partial charge < -0.3 is 15.0 Å². The number of rotatable bonds is 8. The molecule has 0 aliphatic carbocycles. The van der Waals surface area contributed by atoms with E-state index >= 15 is 0 Å². The van der Waals surface area contributed by atoms with E-state index in [4.69, 9.17) is 4.74 Å². The molecule has 0 radical (unpaired) electrons. The molecule has 0 saturated carbocycles. The normalized spacial score (nSPS) is 10.2. The smallest absolute Gasteiger partial charge is 0.341 e. The van der Waals surface area contributed by atoms with E-state index in [0.29, 0.717) is 17.8 Å². The van der Waals surface area contributed by atoms with E-state index < -0.39 is 29.2 Å². The van der Waals surface area contributed by atoms with Crippen LogP contribution in [0.15, 0.2) is 42.5 Å². The summed E-state index contributed by atoms with van der Waals surface area (Å²) in [5.74, 6) is -1.72. The Kier molecular flexibility index (Phi) is 7.02. The van der Waals surface area contributed by atoms with Crippen LogP contribution in [-0.4, -0.2) is 41.9 Å². The first kappa shape index (κ1) is 20.8. The lowest BCUT2D eigenvalue weighted by molar-refractivity contribution is -0.384. The van der Waals surface area contributed by atoms with Crippen LogP contribution >= 0.6 is 0 Å². The highest BCUT2D eigenvalue weighted by molar-refractivity contribution is 5.97. The first-order chi connectivity index (χ1) is 13.3. The molecule has 2 aromatic carbocycles. The Morgan fingerprint density at radius 1 is 1.25 bits per heavy atom. The quantitative estimate of drug-likeness (QED) is 0.423. The maximum Gasteiger partial charge on any atom is 0.341 e. The summed E-state index contributed by atoms with van der Waals surface area (Å²) >= 11 is 0. The maximum absolute atomic E-state index is 13.3. The largest absolute Gasteiger partial charge is 0.452 e. The SMILES string of the molecule is CCN(Cc1cccc(F)c1)C(=O)COC(=O)c1cc([N+](=O)[O-])ccc1NC. The number of nitro groups is 1. The number of nitrogens with one attached hydrogen (secondary N) is 1. The maximum atomic E-state index is 13.3. The highest BCUT2D eigenvalue weighted by Gasteiger charge is 2.20. The number of likely N-dealkylation sites (N-methyl/N-ethyl adjacent to an activating group) is 1. The van der Waals surface area contributed by atoms with Crippen molar-refractivity contribution in [2.24, 2.45) is 0 Å². The Bertz CT molecular complexity index is 888. The highest BCUT2D eigenvalue weighted by atomic mass is 19.1. The van der Waals surface area contributed by atoms with Crippen LogP contribution in [0.4, 0.5) is 15.8 Å². The number of hydrogen-bond acceptors (Lipinski definition) is 6. The Hall–Kier alpha value is -3.49. The fourth-order valence-electron chi connectivity index (χ4n) is 2.56. The summed E-state index contributed by atoms with van der Waals surface area (Å²) in [5, 5.41) is 13.7. The molecule has 8 nitrogen and oxygen atoms in total. The van der Waals surface area contributed by atoms with Gasteiger partial charge in [-0.25, -0.2) is 9.18 Å². The van der Waals surface area contributed by atoms with Gasteiger partial charge in [0.2, 0.25) is 0 Å². The predicted molar refractivity (Wildman–Crippen MR) is 100 cm³/mol. The van der Waals surface area contributed by atoms with Gasteiger partial charge in [-0.2, -0.15) is 0 Å². The molecular formula is C19H20FN3O5. The standard InChI is InChI=1S/C19H20FN3O5/c1-3-22(11-13-5-4-6-14(20)9-13)18(24)12-28-19(25)16-10-15(23(26)27)7-8-17(16)21-2/h4-10,21H,3,11-12H2,1-2H3. The van der Waals surface area contributed by atoms with Crippen LogP contribution in [0.1, 0.15) is 22.8 Å². The summed E-state index contributed by atoms with van der Waals surface area (Å²) in [5.41, 5.74) is 0.643. The van der Waals surface area contributed by atoms with Crippen LogP contribution < -0.4 is 5.32 Å². The van der Waals surface area contributed by atoms with Crippen molar-refractivity contribution in [2.75, 3.05) is 25.5 Å². The Morgan fingerprint density at radius 3 is 2.61 bits per heavy atom. The number of halogens is 1. The van der Waals surface area contributed by atoms with Gasteiger partial charge in [0, 0.05) is 38.0 Å². The molecule has 0 aliphatic rings. The van der Waals surface area contributed by atoms with Crippen molar-refractivity contribution in [2.45, 2.75) is 13.5 Å². The molecule has 1 N–H and O–H groups in total. The predicted octanol–water partition coefficient (Wildman–Crippen LogP) is 2.98. The third kappa shape index (κ3) is 5.26. The number of benzene rings is 2. The fourth-order valence-corrected chi connectivity index (χ4v) is 2.56. The van der Waals surface area contributed by atoms with E-state index in [9.17, 15) is 24.1 Å². The zero-order valence-electron chi connectivity index (χ0n) is 15.5. The number of esters is 1. The minimum absolute atomic E-state index is 0.0438. The average Bonchev–Trinajstić information content (AvgIpc) is 2.69. The van der Waals surface area contributed by atoms with Gasteiger partial charge >= 0.3 is 5.97 Å². The molecule has 28 heavy (non-hydrogen) atoms. The lowest BCUT2D eigenvalue weighted by Gasteiger charge is -2.21. The van der Waals surface area contributed by atoms with E-state index in [1.54, 1.807) is 26.1 Å². The molecule has 0 spiro atoms. The van der Waals surface area contributed by atoms with Gasteiger partial charge in [-0.1, -0.05) is 12.1 Å². The van der Waals surface area contributed by atoms with Gasteiger partial charge in [0.15, 0.2) is 6.61 Å². The molecule has 0 aliphatic heterocycles. The lowest BCUT2D eigenvalue weighted by Crippen LogP contribution is -2.34. The van der Waals surface area contributed by atoms with E-state index in [-0.39, 0.29) is 17.8 Å². The molecular weight excluding hydrogens is 369 g/mol. The molecule has 0 atom stereocenters. The van der Waals surface area contributed by atoms with Crippen LogP contribution in [0.25, 0.3) is 0 Å². The number of carbonyl (C=O) groups excluding carboxylic acids is 2. The third-order valence-electron chi connectivity index (χ3n) is 4.03. The fraction of sp³-hybridized carbons (Fsp3) is 0.263. The number of amides is 1. The molecule has 1 amide bonds. The number of non-ortho nitro benzene ring substituents is 1. The molecule has 148 valence electrons. The first-order valence-electron chi connectivity index (χ1n) is 8.51. The van der Waals surface area contributed by atoms with E-state index in [1.165, 1.54) is 29.2 Å². The van der Waals surface area contributed by atoms with Crippen molar-refractivity contribution in [1.29, 1.82) is 0 Å². The number of hydrogen-bond donors (Lipinski definition) is 1. The van der Waals surface area contributed by atoms with Gasteiger partial charge in [0.25, 0.3) is 11.6 Å². The van der Waals surface area contributed by atoms with Gasteiger partial charge in [-0.05, 0) is 30.7 Å². The summed E-state index contributed by atoms with van der Waals surface area (Å²) in [7, 11) is 1.56. The molecule has 0 fully saturated rings. The molecule has 0 unspecified atom stereocenters. The topological polar surface area (TPSA) is 102 Å². The zero-order chi connectivity index (χ0) is 20.7. The monoisotopic (exact) mass is 389 g/mol. The number of nitro benzene ring substituents is 1. The van der Waals surface area contributed by atoms with Crippen LogP contribution in [0.5, 0.6) is 0 Å². The lowest BCUT2D eigenvalue weighted by atomic mass is 10.1. The second-order valence-electron chi connectivity index (χ2n) is 5.85. The number of nitrogens with zero attached hydrogens (tertiary/aromatic N) is 2. The molecule has 2 rings (SSSR count). The summed E-state index contributed by atoms with van der Waals surface area (Å²) < 4.78 is 18.3. The summed E-state index contributed by atoms with van der Waals surface area (Å²) in [6, 6.07) is 9.59. The van der Waals surface area contributed by atoms with Crippen molar-refractivity contribution in [3.63, 3.8) is 0 Å². The van der Waals surface area contributed by atoms with Crippen LogP contribution in [-0.2, 0) is 16.1 Å². The molecule has 0 bridgehead atoms. The first-order valence-corrected chi connectivity index (χ1v) is 8.51. The highest BCUT2D eigenvalue weighted by Crippen LogP contribution is 2.22. The summed E-state index contributed by atoms with van der Waals surface area (Å²) in [4.78, 5) is 36.4. The van der Waals surface area contributed by atoms with E-state index in [1.807, 2.05) is 0 Å². The van der Waals surface area contributed by atoms with Crippen LogP contribution in [0, 0.1) is 15.9 Å². The molecule has 9 heteroatoms. The van der Waals surface area contributed by atoms with Crippen LogP contribution in [0.3, 0.4) is 0 Å². The van der Waals surface area contributed by atoms with Crippen molar-refractivity contribution < 1.29 is 23.6 Å². The number of carbonyl (C=O) groups is 2. The van der Waals surface area contributed by atoms with Gasteiger partial charge in [-0.3, -0.25) is 14.9 Å². The second kappa shape index (κ2) is 9.45. The minimum atomic E-state index is -0.858. The van der Waals surface area contributed by atoms with Crippen molar-refractivity contribution >= 4 is 23.3 Å². The summed E-state index contributed by atoms with van der Waals surface area (Å²) in [6.45, 7) is 1.72. The zero-order valence-corrected chi connectivity index (χ0v) is 15.5. The Morgan fingerprint density at radius 2 is 2.00 bits per heavy atom.